The molecule has 3 rings (SSSR count). The Morgan fingerprint density at radius 2 is 2.04 bits per heavy atom. The molecule has 0 spiro atoms. The highest BCUT2D eigenvalue weighted by atomic mass is 32.1. The maximum atomic E-state index is 12.6. The van der Waals surface area contributed by atoms with E-state index in [9.17, 15) is 9.59 Å². The summed E-state index contributed by atoms with van der Waals surface area (Å²) in [6.07, 6.45) is 2.60. The molecule has 1 amide bonds. The van der Waals surface area contributed by atoms with Gasteiger partial charge in [-0.1, -0.05) is 6.07 Å². The monoisotopic (exact) mass is 331 g/mol. The van der Waals surface area contributed by atoms with Crippen molar-refractivity contribution in [1.82, 2.24) is 4.90 Å². The molecule has 0 saturated heterocycles. The van der Waals surface area contributed by atoms with Gasteiger partial charge in [-0.15, -0.1) is 11.3 Å². The Hall–Kier alpha value is -2.80. The fourth-order valence-corrected chi connectivity index (χ4v) is 2.82. The molecule has 1 N–H and O–H groups in total. The van der Waals surface area contributed by atoms with Crippen LogP contribution < -0.4 is 0 Å². The SMILES string of the molecule is O=C(O)c1coc(C(=O)N(Cc2ccco2)Cc2cccs2)c1. The van der Waals surface area contributed by atoms with E-state index in [1.807, 2.05) is 17.5 Å². The number of hydrogen-bond acceptors (Lipinski definition) is 5. The van der Waals surface area contributed by atoms with E-state index >= 15 is 0 Å². The first kappa shape index (κ1) is 15.1. The summed E-state index contributed by atoms with van der Waals surface area (Å²) in [5.41, 5.74) is -0.0533. The predicted molar refractivity (Wildman–Crippen MR) is 82.3 cm³/mol. The summed E-state index contributed by atoms with van der Waals surface area (Å²) in [7, 11) is 0. The number of aromatic carboxylic acids is 1. The molecule has 0 aliphatic heterocycles. The Morgan fingerprint density at radius 1 is 1.17 bits per heavy atom. The first-order chi connectivity index (χ1) is 11.1. The first-order valence-corrected chi connectivity index (χ1v) is 7.67. The first-order valence-electron chi connectivity index (χ1n) is 6.79. The topological polar surface area (TPSA) is 83.9 Å². The lowest BCUT2D eigenvalue weighted by Gasteiger charge is -2.19. The van der Waals surface area contributed by atoms with E-state index in [1.165, 1.54) is 17.4 Å². The molecule has 0 aliphatic carbocycles. The summed E-state index contributed by atoms with van der Waals surface area (Å²) in [4.78, 5) is 26.1. The molecule has 6 nitrogen and oxygen atoms in total. The molecule has 3 aromatic heterocycles. The molecule has 0 radical (unpaired) electrons. The number of furan rings is 2. The second-order valence-electron chi connectivity index (χ2n) is 4.82. The molecule has 0 atom stereocenters. The molecule has 0 aliphatic rings. The summed E-state index contributed by atoms with van der Waals surface area (Å²) >= 11 is 1.54. The number of nitrogens with zero attached hydrogens (tertiary/aromatic N) is 1. The van der Waals surface area contributed by atoms with Crippen molar-refractivity contribution in [2.75, 3.05) is 0 Å². The molecule has 0 bridgehead atoms. The molecule has 0 unspecified atom stereocenters. The van der Waals surface area contributed by atoms with Crippen LogP contribution in [-0.2, 0) is 13.1 Å². The van der Waals surface area contributed by atoms with E-state index in [4.69, 9.17) is 13.9 Å². The van der Waals surface area contributed by atoms with Crippen LogP contribution in [0.3, 0.4) is 0 Å². The van der Waals surface area contributed by atoms with Crippen LogP contribution in [0.5, 0.6) is 0 Å². The van der Waals surface area contributed by atoms with Crippen LogP contribution in [0.15, 0.2) is 57.1 Å². The third-order valence-corrected chi connectivity index (χ3v) is 4.06. The Bertz CT molecular complexity index is 752. The van der Waals surface area contributed by atoms with Crippen LogP contribution in [0.25, 0.3) is 0 Å². The zero-order valence-corrected chi connectivity index (χ0v) is 12.8. The highest BCUT2D eigenvalue weighted by Gasteiger charge is 2.22. The van der Waals surface area contributed by atoms with Crippen molar-refractivity contribution in [2.45, 2.75) is 13.1 Å². The lowest BCUT2D eigenvalue weighted by molar-refractivity contribution is 0.0682. The minimum Gasteiger partial charge on any atom is -0.478 e. The van der Waals surface area contributed by atoms with Gasteiger partial charge in [-0.2, -0.15) is 0 Å². The fourth-order valence-electron chi connectivity index (χ4n) is 2.10. The number of hydrogen-bond donors (Lipinski definition) is 1. The maximum absolute atomic E-state index is 12.6. The minimum atomic E-state index is -1.14. The Morgan fingerprint density at radius 3 is 2.65 bits per heavy atom. The standard InChI is InChI=1S/C16H13NO5S/c18-15(14-7-11(10-22-14)16(19)20)17(8-12-3-1-5-21-12)9-13-4-2-6-23-13/h1-7,10H,8-9H2,(H,19,20). The average Bonchev–Trinajstić information content (AvgIpc) is 3.28. The summed E-state index contributed by atoms with van der Waals surface area (Å²) in [6, 6.07) is 8.59. The van der Waals surface area contributed by atoms with E-state index in [1.54, 1.807) is 23.3 Å². The van der Waals surface area contributed by atoms with Crippen molar-refractivity contribution < 1.29 is 23.5 Å². The van der Waals surface area contributed by atoms with E-state index in [0.29, 0.717) is 12.3 Å². The van der Waals surface area contributed by atoms with Gasteiger partial charge in [0.1, 0.15) is 12.0 Å². The van der Waals surface area contributed by atoms with E-state index in [-0.39, 0.29) is 23.8 Å². The summed E-state index contributed by atoms with van der Waals surface area (Å²) in [6.45, 7) is 0.660. The van der Waals surface area contributed by atoms with Gasteiger partial charge in [0.05, 0.1) is 24.9 Å². The smallest absolute Gasteiger partial charge is 0.338 e. The molecule has 0 saturated carbocycles. The van der Waals surface area contributed by atoms with Crippen LogP contribution >= 0.6 is 11.3 Å². The molecule has 0 fully saturated rings. The van der Waals surface area contributed by atoms with Crippen molar-refractivity contribution in [1.29, 1.82) is 0 Å². The van der Waals surface area contributed by atoms with Crippen LogP contribution in [0, 0.1) is 0 Å². The number of carboxylic acid groups (broad SMARTS) is 1. The van der Waals surface area contributed by atoms with Gasteiger partial charge in [-0.3, -0.25) is 4.79 Å². The van der Waals surface area contributed by atoms with E-state index < -0.39 is 5.97 Å². The summed E-state index contributed by atoms with van der Waals surface area (Å²) in [5, 5.41) is 10.9. The third kappa shape index (κ3) is 3.51. The van der Waals surface area contributed by atoms with Crippen molar-refractivity contribution in [3.63, 3.8) is 0 Å². The van der Waals surface area contributed by atoms with Gasteiger partial charge in [0, 0.05) is 10.9 Å². The van der Waals surface area contributed by atoms with Gasteiger partial charge in [-0.05, 0) is 23.6 Å². The Balaban J connectivity index is 1.83. The second-order valence-corrected chi connectivity index (χ2v) is 5.86. The van der Waals surface area contributed by atoms with Gasteiger partial charge in [-0.25, -0.2) is 4.79 Å². The predicted octanol–water partition coefficient (Wildman–Crippen LogP) is 3.47. The lowest BCUT2D eigenvalue weighted by Crippen LogP contribution is -2.29. The van der Waals surface area contributed by atoms with Crippen LogP contribution in [0.1, 0.15) is 31.6 Å². The number of carbonyl (C=O) groups is 2. The van der Waals surface area contributed by atoms with Crippen molar-refractivity contribution in [3.05, 3.63) is 70.2 Å². The Labute approximate surface area is 135 Å². The van der Waals surface area contributed by atoms with Gasteiger partial charge >= 0.3 is 5.97 Å². The van der Waals surface area contributed by atoms with E-state index in [2.05, 4.69) is 0 Å². The fraction of sp³-hybridized carbons (Fsp3) is 0.125. The molecular weight excluding hydrogens is 318 g/mol. The van der Waals surface area contributed by atoms with Crippen LogP contribution in [0.2, 0.25) is 0 Å². The molecule has 3 heterocycles. The van der Waals surface area contributed by atoms with Gasteiger partial charge in [0.25, 0.3) is 5.91 Å². The molecule has 3 aromatic rings. The Kier molecular flexibility index (Phi) is 4.29. The highest BCUT2D eigenvalue weighted by molar-refractivity contribution is 7.09. The number of thiophene rings is 1. The van der Waals surface area contributed by atoms with Gasteiger partial charge in [0.15, 0.2) is 5.76 Å². The minimum absolute atomic E-state index is 0.00878. The number of amides is 1. The van der Waals surface area contributed by atoms with Crippen LogP contribution in [0.4, 0.5) is 0 Å². The quantitative estimate of drug-likeness (QED) is 0.747. The van der Waals surface area contributed by atoms with Crippen molar-refractivity contribution in [2.24, 2.45) is 0 Å². The highest BCUT2D eigenvalue weighted by Crippen LogP contribution is 2.19. The zero-order valence-electron chi connectivity index (χ0n) is 12.0. The molecule has 0 aromatic carbocycles. The van der Waals surface area contributed by atoms with Crippen molar-refractivity contribution >= 4 is 23.2 Å². The molecule has 23 heavy (non-hydrogen) atoms. The van der Waals surface area contributed by atoms with Crippen LogP contribution in [-0.4, -0.2) is 21.9 Å². The summed E-state index contributed by atoms with van der Waals surface area (Å²) in [5.74, 6) is -0.892. The van der Waals surface area contributed by atoms with E-state index in [0.717, 1.165) is 11.1 Å². The molecule has 118 valence electrons. The normalized spacial score (nSPS) is 10.6. The largest absolute Gasteiger partial charge is 0.478 e. The third-order valence-electron chi connectivity index (χ3n) is 3.20. The molecule has 7 heteroatoms. The van der Waals surface area contributed by atoms with Gasteiger partial charge < -0.3 is 18.8 Å². The lowest BCUT2D eigenvalue weighted by atomic mass is 10.2. The zero-order chi connectivity index (χ0) is 16.2. The van der Waals surface area contributed by atoms with Crippen molar-refractivity contribution in [3.8, 4) is 0 Å². The number of carboxylic acids is 1. The second kappa shape index (κ2) is 6.53. The summed E-state index contributed by atoms with van der Waals surface area (Å²) < 4.78 is 10.4. The van der Waals surface area contributed by atoms with Gasteiger partial charge in [0.2, 0.25) is 0 Å². The number of carbonyl (C=O) groups excluding carboxylic acids is 1. The maximum Gasteiger partial charge on any atom is 0.338 e. The molecular formula is C16H13NO5S. The number of rotatable bonds is 6. The average molecular weight is 331 g/mol.